The Kier molecular flexibility index (Phi) is 4.68. The van der Waals surface area contributed by atoms with Crippen LogP contribution in [-0.4, -0.2) is 21.4 Å². The van der Waals surface area contributed by atoms with E-state index in [1.165, 1.54) is 12.1 Å². The van der Waals surface area contributed by atoms with E-state index in [0.717, 1.165) is 21.9 Å². The second-order valence-electron chi connectivity index (χ2n) is 6.80. The third-order valence-electron chi connectivity index (χ3n) is 4.56. The van der Waals surface area contributed by atoms with Crippen molar-refractivity contribution in [2.75, 3.05) is 0 Å². The van der Waals surface area contributed by atoms with E-state index in [9.17, 15) is 14.0 Å². The topological polar surface area (TPSA) is 54.3 Å². The molecule has 0 bridgehead atoms. The largest absolute Gasteiger partial charge is 0.346 e. The molecule has 2 aromatic rings. The monoisotopic (exact) mass is 355 g/mol. The zero-order valence-corrected chi connectivity index (χ0v) is 15.3. The van der Waals surface area contributed by atoms with E-state index in [4.69, 9.17) is 0 Å². The number of aryl methyl sites for hydroxylation is 1. The van der Waals surface area contributed by atoms with E-state index in [1.807, 2.05) is 19.9 Å². The van der Waals surface area contributed by atoms with Crippen molar-refractivity contribution in [1.82, 2.24) is 14.8 Å². The number of aromatic nitrogens is 1. The Labute approximate surface area is 152 Å². The molecule has 26 heavy (non-hydrogen) atoms. The van der Waals surface area contributed by atoms with Crippen molar-refractivity contribution in [2.45, 2.75) is 40.3 Å². The number of urea groups is 1. The lowest BCUT2D eigenvalue weighted by molar-refractivity contribution is -0.123. The van der Waals surface area contributed by atoms with Gasteiger partial charge in [-0.25, -0.2) is 9.18 Å². The molecule has 1 saturated heterocycles. The minimum Gasteiger partial charge on any atom is -0.346 e. The lowest BCUT2D eigenvalue weighted by Crippen LogP contribution is -2.30. The molecule has 6 heteroatoms. The zero-order valence-electron chi connectivity index (χ0n) is 15.3. The van der Waals surface area contributed by atoms with Crippen LogP contribution in [0.3, 0.4) is 0 Å². The Morgan fingerprint density at radius 3 is 2.38 bits per heavy atom. The third-order valence-corrected chi connectivity index (χ3v) is 4.56. The van der Waals surface area contributed by atoms with Crippen LogP contribution in [0.5, 0.6) is 0 Å². The Morgan fingerprint density at radius 2 is 1.81 bits per heavy atom. The lowest BCUT2D eigenvalue weighted by atomic mass is 10.2. The van der Waals surface area contributed by atoms with Gasteiger partial charge in [0.2, 0.25) is 0 Å². The number of nitrogens with one attached hydrogen (secondary N) is 1. The van der Waals surface area contributed by atoms with Gasteiger partial charge < -0.3 is 9.88 Å². The molecule has 0 atom stereocenters. The normalized spacial score (nSPS) is 16.1. The van der Waals surface area contributed by atoms with Crippen LogP contribution in [0.15, 0.2) is 36.0 Å². The van der Waals surface area contributed by atoms with Gasteiger partial charge in [-0.1, -0.05) is 12.1 Å². The number of rotatable bonds is 4. The highest BCUT2D eigenvalue weighted by molar-refractivity contribution is 6.13. The lowest BCUT2D eigenvalue weighted by Gasteiger charge is -2.13. The molecule has 0 unspecified atom stereocenters. The van der Waals surface area contributed by atoms with E-state index >= 15 is 0 Å². The number of hydrogen-bond donors (Lipinski definition) is 1. The minimum atomic E-state index is -0.469. The van der Waals surface area contributed by atoms with Crippen molar-refractivity contribution >= 4 is 18.0 Å². The number of hydrogen-bond acceptors (Lipinski definition) is 2. The quantitative estimate of drug-likeness (QED) is 0.668. The molecular weight excluding hydrogens is 333 g/mol. The fourth-order valence-corrected chi connectivity index (χ4v) is 3.39. The van der Waals surface area contributed by atoms with Crippen LogP contribution in [0.25, 0.3) is 6.08 Å². The van der Waals surface area contributed by atoms with E-state index in [0.29, 0.717) is 11.6 Å². The van der Waals surface area contributed by atoms with Gasteiger partial charge in [-0.15, -0.1) is 0 Å². The molecule has 1 aliphatic heterocycles. The van der Waals surface area contributed by atoms with Crippen molar-refractivity contribution in [3.63, 3.8) is 0 Å². The second kappa shape index (κ2) is 6.78. The SMILES string of the molecule is Cc1cc(C=C2NC(=O)N(Cc3ccc(F)cc3)C2=O)c(C)n1C(C)C. The zero-order chi connectivity index (χ0) is 19.0. The number of imide groups is 1. The van der Waals surface area contributed by atoms with Gasteiger partial charge in [0, 0.05) is 17.4 Å². The van der Waals surface area contributed by atoms with E-state index in [2.05, 4.69) is 23.7 Å². The first-order chi connectivity index (χ1) is 12.3. The molecule has 1 N–H and O–H groups in total. The molecule has 1 aromatic carbocycles. The van der Waals surface area contributed by atoms with E-state index < -0.39 is 6.03 Å². The van der Waals surface area contributed by atoms with Gasteiger partial charge in [0.05, 0.1) is 6.54 Å². The van der Waals surface area contributed by atoms with Gasteiger partial charge in [0.1, 0.15) is 11.5 Å². The molecule has 2 heterocycles. The summed E-state index contributed by atoms with van der Waals surface area (Å²) in [6.07, 6.45) is 1.71. The fraction of sp³-hybridized carbons (Fsp3) is 0.300. The number of carbonyl (C=O) groups is 2. The fourth-order valence-electron chi connectivity index (χ4n) is 3.39. The maximum atomic E-state index is 13.0. The molecule has 1 aliphatic rings. The number of carbonyl (C=O) groups excluding carboxylic acids is 2. The smallest absolute Gasteiger partial charge is 0.329 e. The van der Waals surface area contributed by atoms with Crippen molar-refractivity contribution < 1.29 is 14.0 Å². The number of nitrogens with zero attached hydrogens (tertiary/aromatic N) is 2. The summed E-state index contributed by atoms with van der Waals surface area (Å²) in [4.78, 5) is 25.9. The Balaban J connectivity index is 1.86. The Morgan fingerprint density at radius 1 is 1.15 bits per heavy atom. The highest BCUT2D eigenvalue weighted by atomic mass is 19.1. The summed E-state index contributed by atoms with van der Waals surface area (Å²) in [7, 11) is 0. The maximum absolute atomic E-state index is 13.0. The van der Waals surface area contributed by atoms with Gasteiger partial charge in [-0.2, -0.15) is 0 Å². The predicted octanol–water partition coefficient (Wildman–Crippen LogP) is 3.92. The molecule has 0 aliphatic carbocycles. The molecule has 3 rings (SSSR count). The highest BCUT2D eigenvalue weighted by Gasteiger charge is 2.33. The van der Waals surface area contributed by atoms with Crippen molar-refractivity contribution in [3.05, 3.63) is 64.4 Å². The van der Waals surface area contributed by atoms with Crippen LogP contribution in [0.4, 0.5) is 9.18 Å². The number of benzene rings is 1. The molecule has 136 valence electrons. The third kappa shape index (κ3) is 3.27. The molecule has 1 fully saturated rings. The van der Waals surface area contributed by atoms with Crippen LogP contribution in [-0.2, 0) is 11.3 Å². The first-order valence-corrected chi connectivity index (χ1v) is 8.55. The average molecular weight is 355 g/mol. The molecule has 0 spiro atoms. The minimum absolute atomic E-state index is 0.104. The Hall–Kier alpha value is -2.89. The van der Waals surface area contributed by atoms with Crippen molar-refractivity contribution in [3.8, 4) is 0 Å². The van der Waals surface area contributed by atoms with Gasteiger partial charge in [-0.05, 0) is 63.1 Å². The summed E-state index contributed by atoms with van der Waals surface area (Å²) in [5.74, 6) is -0.735. The van der Waals surface area contributed by atoms with E-state index in [-0.39, 0.29) is 24.0 Å². The van der Waals surface area contributed by atoms with Crippen LogP contribution in [0, 0.1) is 19.7 Å². The van der Waals surface area contributed by atoms with E-state index in [1.54, 1.807) is 18.2 Å². The van der Waals surface area contributed by atoms with Gasteiger partial charge in [0.25, 0.3) is 5.91 Å². The number of amides is 3. The first kappa shape index (κ1) is 17.9. The molecule has 0 saturated carbocycles. The van der Waals surface area contributed by atoms with Gasteiger partial charge >= 0.3 is 6.03 Å². The average Bonchev–Trinajstić information content (AvgIpc) is 3.00. The summed E-state index contributed by atoms with van der Waals surface area (Å²) in [5.41, 5.74) is 3.99. The van der Waals surface area contributed by atoms with Crippen molar-refractivity contribution in [2.24, 2.45) is 0 Å². The summed E-state index contributed by atoms with van der Waals surface area (Å²) >= 11 is 0. The maximum Gasteiger partial charge on any atom is 0.329 e. The van der Waals surface area contributed by atoms with Crippen LogP contribution in [0.1, 0.15) is 42.4 Å². The molecule has 3 amide bonds. The standard InChI is InChI=1S/C20H22FN3O2/c1-12(2)24-13(3)9-16(14(24)4)10-18-19(25)23(20(26)22-18)11-15-5-7-17(21)8-6-15/h5-10,12H,11H2,1-4H3,(H,22,26). The second-order valence-corrected chi connectivity index (χ2v) is 6.80. The molecule has 5 nitrogen and oxygen atoms in total. The summed E-state index contributed by atoms with van der Waals surface area (Å²) in [6.45, 7) is 8.32. The van der Waals surface area contributed by atoms with Gasteiger partial charge in [-0.3, -0.25) is 9.69 Å². The summed E-state index contributed by atoms with van der Waals surface area (Å²) < 4.78 is 15.2. The van der Waals surface area contributed by atoms with Crippen LogP contribution in [0.2, 0.25) is 0 Å². The molecule has 0 radical (unpaired) electrons. The Bertz CT molecular complexity index is 895. The van der Waals surface area contributed by atoms with Crippen LogP contribution < -0.4 is 5.32 Å². The molecule has 1 aromatic heterocycles. The van der Waals surface area contributed by atoms with Gasteiger partial charge in [0.15, 0.2) is 0 Å². The number of halogens is 1. The highest BCUT2D eigenvalue weighted by Crippen LogP contribution is 2.24. The summed E-state index contributed by atoms with van der Waals surface area (Å²) in [5, 5.41) is 2.63. The summed E-state index contributed by atoms with van der Waals surface area (Å²) in [6, 6.07) is 7.59. The van der Waals surface area contributed by atoms with Crippen molar-refractivity contribution in [1.29, 1.82) is 0 Å². The first-order valence-electron chi connectivity index (χ1n) is 8.55. The van der Waals surface area contributed by atoms with Crippen LogP contribution >= 0.6 is 0 Å². The molecular formula is C20H22FN3O2. The predicted molar refractivity (Wildman–Crippen MR) is 97.7 cm³/mol.